The number of ether oxygens (including phenoxy) is 1. The van der Waals surface area contributed by atoms with E-state index in [0.717, 1.165) is 20.5 Å². The van der Waals surface area contributed by atoms with Crippen LogP contribution in [0.25, 0.3) is 21.7 Å². The van der Waals surface area contributed by atoms with E-state index in [9.17, 15) is 18.0 Å². The third-order valence-electron chi connectivity index (χ3n) is 5.23. The van der Waals surface area contributed by atoms with Gasteiger partial charge in [0.15, 0.2) is 6.61 Å². The Labute approximate surface area is 201 Å². The Morgan fingerprint density at radius 3 is 2.62 bits per heavy atom. The summed E-state index contributed by atoms with van der Waals surface area (Å²) in [6.45, 7) is -0.559. The predicted molar refractivity (Wildman–Crippen MR) is 129 cm³/mol. The number of halogens is 1. The number of fused-ring (bicyclic) bond motifs is 3. The number of anilines is 1. The van der Waals surface area contributed by atoms with Crippen molar-refractivity contribution in [2.24, 2.45) is 0 Å². The molecule has 0 aliphatic heterocycles. The molecule has 3 aromatic carbocycles. The van der Waals surface area contributed by atoms with Crippen LogP contribution in [0.15, 0.2) is 70.2 Å². The molecule has 1 aromatic heterocycles. The summed E-state index contributed by atoms with van der Waals surface area (Å²) in [6.07, 6.45) is 1.43. The van der Waals surface area contributed by atoms with Gasteiger partial charge >= 0.3 is 5.97 Å². The maximum atomic E-state index is 12.4. The van der Waals surface area contributed by atoms with Gasteiger partial charge in [0.2, 0.25) is 10.0 Å². The van der Waals surface area contributed by atoms with E-state index in [-0.39, 0.29) is 22.0 Å². The number of furan rings is 1. The van der Waals surface area contributed by atoms with Gasteiger partial charge in [0.25, 0.3) is 5.91 Å². The summed E-state index contributed by atoms with van der Waals surface area (Å²) in [7, 11) is -0.918. The van der Waals surface area contributed by atoms with Crippen LogP contribution in [-0.4, -0.2) is 45.3 Å². The van der Waals surface area contributed by atoms with Crippen molar-refractivity contribution in [2.45, 2.75) is 11.3 Å². The predicted octanol–water partition coefficient (Wildman–Crippen LogP) is 4.21. The monoisotopic (exact) mass is 500 g/mol. The fourth-order valence-corrected chi connectivity index (χ4v) is 4.61. The van der Waals surface area contributed by atoms with Gasteiger partial charge in [-0.05, 0) is 35.0 Å². The zero-order valence-electron chi connectivity index (χ0n) is 18.4. The van der Waals surface area contributed by atoms with Crippen LogP contribution >= 0.6 is 11.6 Å². The zero-order chi connectivity index (χ0) is 24.5. The number of rotatable bonds is 7. The lowest BCUT2D eigenvalue weighted by atomic mass is 10.0. The number of hydrogen-bond donors (Lipinski definition) is 1. The van der Waals surface area contributed by atoms with Gasteiger partial charge in [-0.2, -0.15) is 0 Å². The molecule has 4 aromatic rings. The number of hydrogen-bond acceptors (Lipinski definition) is 6. The van der Waals surface area contributed by atoms with Crippen molar-refractivity contribution in [1.82, 2.24) is 4.31 Å². The van der Waals surface area contributed by atoms with Crippen molar-refractivity contribution >= 4 is 60.9 Å². The number of nitrogens with zero attached hydrogens (tertiary/aromatic N) is 1. The summed E-state index contributed by atoms with van der Waals surface area (Å²) >= 11 is 6.09. The Bertz CT molecular complexity index is 1510. The smallest absolute Gasteiger partial charge is 0.310 e. The lowest BCUT2D eigenvalue weighted by Gasteiger charge is -2.14. The molecule has 0 saturated heterocycles. The van der Waals surface area contributed by atoms with Gasteiger partial charge in [-0.15, -0.1) is 0 Å². The molecule has 1 heterocycles. The topological polar surface area (TPSA) is 106 Å². The maximum Gasteiger partial charge on any atom is 0.310 e. The van der Waals surface area contributed by atoms with Crippen LogP contribution in [0.2, 0.25) is 5.02 Å². The first-order valence-electron chi connectivity index (χ1n) is 10.2. The molecule has 0 aliphatic carbocycles. The van der Waals surface area contributed by atoms with Gasteiger partial charge in [0.1, 0.15) is 5.58 Å². The number of esters is 1. The van der Waals surface area contributed by atoms with Gasteiger partial charge in [-0.1, -0.05) is 41.9 Å². The second-order valence-corrected chi connectivity index (χ2v) is 10.3. The highest BCUT2D eigenvalue weighted by Crippen LogP contribution is 2.30. The molecule has 176 valence electrons. The summed E-state index contributed by atoms with van der Waals surface area (Å²) in [6, 6.07) is 15.5. The van der Waals surface area contributed by atoms with Gasteiger partial charge < -0.3 is 14.5 Å². The fourth-order valence-electron chi connectivity index (χ4n) is 3.51. The molecule has 34 heavy (non-hydrogen) atoms. The first-order valence-corrected chi connectivity index (χ1v) is 12.0. The third kappa shape index (κ3) is 4.77. The molecule has 1 N–H and O–H groups in total. The molecule has 8 nitrogen and oxygen atoms in total. The highest BCUT2D eigenvalue weighted by atomic mass is 35.5. The van der Waals surface area contributed by atoms with E-state index in [2.05, 4.69) is 5.32 Å². The van der Waals surface area contributed by atoms with Gasteiger partial charge in [-0.25, -0.2) is 12.7 Å². The van der Waals surface area contributed by atoms with Gasteiger partial charge in [0.05, 0.1) is 28.3 Å². The Kier molecular flexibility index (Phi) is 6.60. The molecule has 0 aliphatic rings. The fraction of sp³-hybridized carbons (Fsp3) is 0.167. The first kappa shape index (κ1) is 23.7. The number of benzene rings is 3. The van der Waals surface area contributed by atoms with Crippen molar-refractivity contribution in [3.8, 4) is 0 Å². The Hall–Kier alpha value is -3.40. The molecule has 0 spiro atoms. The molecule has 10 heteroatoms. The van der Waals surface area contributed by atoms with Crippen molar-refractivity contribution in [1.29, 1.82) is 0 Å². The van der Waals surface area contributed by atoms with E-state index in [4.69, 9.17) is 20.8 Å². The van der Waals surface area contributed by atoms with E-state index >= 15 is 0 Å². The van der Waals surface area contributed by atoms with Crippen LogP contribution in [0.3, 0.4) is 0 Å². The van der Waals surface area contributed by atoms with Crippen molar-refractivity contribution in [3.63, 3.8) is 0 Å². The minimum absolute atomic E-state index is 0.0340. The second-order valence-electron chi connectivity index (χ2n) is 7.74. The molecule has 4 rings (SSSR count). The summed E-state index contributed by atoms with van der Waals surface area (Å²) in [4.78, 5) is 24.7. The number of carbonyl (C=O) groups is 2. The highest BCUT2D eigenvalue weighted by Gasteiger charge is 2.20. The molecular weight excluding hydrogens is 480 g/mol. The minimum atomic E-state index is -3.71. The van der Waals surface area contributed by atoms with Crippen LogP contribution in [0, 0.1) is 0 Å². The summed E-state index contributed by atoms with van der Waals surface area (Å²) < 4.78 is 36.4. The SMILES string of the molecule is CN(C)S(=O)(=O)c1ccc(Cl)c(NC(=O)COC(=O)Cc2coc3ccc4ccccc4c23)c1. The van der Waals surface area contributed by atoms with Crippen LogP contribution in [0.4, 0.5) is 5.69 Å². The van der Waals surface area contributed by atoms with E-state index in [1.54, 1.807) is 0 Å². The van der Waals surface area contributed by atoms with Gasteiger partial charge in [-0.3, -0.25) is 9.59 Å². The van der Waals surface area contributed by atoms with E-state index < -0.39 is 28.5 Å². The summed E-state index contributed by atoms with van der Waals surface area (Å²) in [5.74, 6) is -1.27. The molecule has 0 unspecified atom stereocenters. The quantitative estimate of drug-likeness (QED) is 0.381. The minimum Gasteiger partial charge on any atom is -0.464 e. The van der Waals surface area contributed by atoms with Crippen LogP contribution in [0.1, 0.15) is 5.56 Å². The average Bonchev–Trinajstić information content (AvgIpc) is 3.22. The third-order valence-corrected chi connectivity index (χ3v) is 7.37. The van der Waals surface area contributed by atoms with Crippen LogP contribution < -0.4 is 5.32 Å². The van der Waals surface area contributed by atoms with E-state index in [0.29, 0.717) is 11.1 Å². The van der Waals surface area contributed by atoms with Crippen molar-refractivity contribution < 1.29 is 27.2 Å². The van der Waals surface area contributed by atoms with Crippen molar-refractivity contribution in [2.75, 3.05) is 26.0 Å². The summed E-state index contributed by atoms with van der Waals surface area (Å²) in [5.41, 5.74) is 1.40. The largest absolute Gasteiger partial charge is 0.464 e. The van der Waals surface area contributed by atoms with E-state index in [1.807, 2.05) is 36.4 Å². The second kappa shape index (κ2) is 9.46. The lowest BCUT2D eigenvalue weighted by Crippen LogP contribution is -2.23. The summed E-state index contributed by atoms with van der Waals surface area (Å²) in [5, 5.41) is 5.42. The van der Waals surface area contributed by atoms with Crippen LogP contribution in [0.5, 0.6) is 0 Å². The lowest BCUT2D eigenvalue weighted by molar-refractivity contribution is -0.146. The molecule has 0 saturated carbocycles. The van der Waals surface area contributed by atoms with Crippen molar-refractivity contribution in [3.05, 3.63) is 71.4 Å². The number of nitrogens with one attached hydrogen (secondary N) is 1. The van der Waals surface area contributed by atoms with E-state index in [1.165, 1.54) is 38.6 Å². The van der Waals surface area contributed by atoms with Crippen LogP contribution in [-0.2, 0) is 30.8 Å². The number of amides is 1. The standard InChI is InChI=1S/C24H21ClN2O6S/c1-27(2)34(30,31)17-8-9-19(25)20(12-17)26-22(28)14-33-23(29)11-16-13-32-21-10-7-15-5-3-4-6-18(15)24(16)21/h3-10,12-13H,11,14H2,1-2H3,(H,26,28). The molecule has 0 fully saturated rings. The molecule has 0 bridgehead atoms. The molecular formula is C24H21ClN2O6S. The normalized spacial score (nSPS) is 11.8. The Balaban J connectivity index is 1.43. The Morgan fingerprint density at radius 1 is 1.09 bits per heavy atom. The number of sulfonamides is 1. The number of carbonyl (C=O) groups excluding carboxylic acids is 2. The van der Waals surface area contributed by atoms with Gasteiger partial charge in [0, 0.05) is 25.0 Å². The molecule has 0 atom stereocenters. The Morgan fingerprint density at radius 2 is 1.85 bits per heavy atom. The molecule has 0 radical (unpaired) electrons. The molecule has 1 amide bonds. The highest BCUT2D eigenvalue weighted by molar-refractivity contribution is 7.89. The first-order chi connectivity index (χ1) is 16.2. The zero-order valence-corrected chi connectivity index (χ0v) is 19.9. The average molecular weight is 501 g/mol. The maximum absolute atomic E-state index is 12.4.